The molecule has 2 aromatic heterocycles. The van der Waals surface area contributed by atoms with Gasteiger partial charge in [0, 0.05) is 25.2 Å². The summed E-state index contributed by atoms with van der Waals surface area (Å²) in [5, 5.41) is 4.21. The number of aromatic nitrogens is 3. The van der Waals surface area contributed by atoms with Crippen LogP contribution in [-0.4, -0.2) is 59.5 Å². The van der Waals surface area contributed by atoms with E-state index in [2.05, 4.69) is 36.0 Å². The maximum atomic E-state index is 12.2. The van der Waals surface area contributed by atoms with Crippen molar-refractivity contribution in [2.24, 2.45) is 4.99 Å². The van der Waals surface area contributed by atoms with Crippen LogP contribution in [0.1, 0.15) is 32.0 Å². The van der Waals surface area contributed by atoms with Gasteiger partial charge in [0.25, 0.3) is 0 Å². The third-order valence-corrected chi connectivity index (χ3v) is 5.42. The van der Waals surface area contributed by atoms with Crippen molar-refractivity contribution in [3.63, 3.8) is 0 Å². The van der Waals surface area contributed by atoms with Crippen LogP contribution in [0.3, 0.4) is 0 Å². The SMILES string of the molecule is CN(Cc1ccc(-c2cc(-c3nc(Br)cnc3C3(N=C4[B]O4)[B]O3)on2)cc1)C(=O)OC(C)(C)C. The van der Waals surface area contributed by atoms with Crippen LogP contribution < -0.4 is 0 Å². The number of benzene rings is 1. The van der Waals surface area contributed by atoms with Gasteiger partial charge >= 0.3 is 21.1 Å². The molecule has 35 heavy (non-hydrogen) atoms. The van der Waals surface area contributed by atoms with Crippen molar-refractivity contribution < 1.29 is 23.4 Å². The Labute approximate surface area is 211 Å². The summed E-state index contributed by atoms with van der Waals surface area (Å²) < 4.78 is 22.0. The largest absolute Gasteiger partial charge is 0.549 e. The number of amides is 1. The van der Waals surface area contributed by atoms with E-state index in [-0.39, 0.29) is 6.09 Å². The van der Waals surface area contributed by atoms with Crippen molar-refractivity contribution in [2.75, 3.05) is 7.05 Å². The van der Waals surface area contributed by atoms with Gasteiger partial charge in [-0.2, -0.15) is 0 Å². The minimum atomic E-state index is -1.06. The molecule has 1 atom stereocenters. The summed E-state index contributed by atoms with van der Waals surface area (Å²) >= 11 is 3.36. The fourth-order valence-electron chi connectivity index (χ4n) is 3.30. The van der Waals surface area contributed by atoms with Crippen molar-refractivity contribution in [3.05, 3.63) is 52.4 Å². The molecule has 2 aliphatic heterocycles. The minimum absolute atomic E-state index is 0.375. The Morgan fingerprint density at radius 2 is 2.00 bits per heavy atom. The molecule has 13 heteroatoms. The molecular formula is C22H20B2BrN5O5. The molecule has 2 aliphatic rings. The Bertz CT molecular complexity index is 1300. The van der Waals surface area contributed by atoms with Crippen molar-refractivity contribution >= 4 is 42.8 Å². The van der Waals surface area contributed by atoms with E-state index in [0.717, 1.165) is 11.1 Å². The Morgan fingerprint density at radius 3 is 2.63 bits per heavy atom. The van der Waals surface area contributed by atoms with Crippen LogP contribution in [0, 0.1) is 0 Å². The molecule has 2 fully saturated rings. The van der Waals surface area contributed by atoms with Gasteiger partial charge < -0.3 is 23.5 Å². The maximum Gasteiger partial charge on any atom is 0.474 e. The monoisotopic (exact) mass is 535 g/mol. The third kappa shape index (κ3) is 5.40. The molecule has 0 aliphatic carbocycles. The third-order valence-electron chi connectivity index (χ3n) is 5.04. The first-order valence-corrected chi connectivity index (χ1v) is 11.6. The summed E-state index contributed by atoms with van der Waals surface area (Å²) in [6.07, 6.45) is 1.19. The molecular weight excluding hydrogens is 516 g/mol. The second-order valence-corrected chi connectivity index (χ2v) is 9.93. The maximum absolute atomic E-state index is 12.2. The average molecular weight is 536 g/mol. The number of rotatable bonds is 6. The number of hydrogen-bond donors (Lipinski definition) is 0. The zero-order valence-corrected chi connectivity index (χ0v) is 21.1. The first-order valence-electron chi connectivity index (χ1n) is 10.8. The van der Waals surface area contributed by atoms with Gasteiger partial charge in [0.1, 0.15) is 27.3 Å². The number of hydrogen-bond acceptors (Lipinski definition) is 9. The van der Waals surface area contributed by atoms with Crippen LogP contribution in [0.2, 0.25) is 0 Å². The van der Waals surface area contributed by atoms with Crippen LogP contribution in [0.15, 0.2) is 50.6 Å². The quantitative estimate of drug-likeness (QED) is 0.346. The van der Waals surface area contributed by atoms with E-state index >= 15 is 0 Å². The summed E-state index contributed by atoms with van der Waals surface area (Å²) in [6.45, 7) is 5.93. The number of ether oxygens (including phenoxy) is 1. The molecule has 4 heterocycles. The molecule has 5 rings (SSSR count). The van der Waals surface area contributed by atoms with Crippen molar-refractivity contribution in [1.29, 1.82) is 0 Å². The highest BCUT2D eigenvalue weighted by Crippen LogP contribution is 2.42. The molecule has 0 saturated carbocycles. The summed E-state index contributed by atoms with van der Waals surface area (Å²) in [7, 11) is 4.78. The zero-order chi connectivity index (χ0) is 24.8. The van der Waals surface area contributed by atoms with Gasteiger partial charge in [0.05, 0.1) is 6.20 Å². The van der Waals surface area contributed by atoms with E-state index in [9.17, 15) is 4.79 Å². The molecule has 0 spiro atoms. The highest BCUT2D eigenvalue weighted by atomic mass is 79.9. The summed E-state index contributed by atoms with van der Waals surface area (Å²) in [5.41, 5.74) is 1.75. The highest BCUT2D eigenvalue weighted by Gasteiger charge is 2.54. The molecule has 1 aromatic carbocycles. The lowest BCUT2D eigenvalue weighted by molar-refractivity contribution is 0.0285. The van der Waals surface area contributed by atoms with Crippen molar-refractivity contribution in [2.45, 2.75) is 38.5 Å². The standard InChI is InChI=1S/C22H20B2BrN5O5/c1-21(2,3)32-20(31)30(4)11-12-5-7-13(8-6-12)14-9-15(34-29-14)17-18(26-10-16(25)27-17)22(24-35-22)28-19-23-33-19/h5-10H,11H2,1-4H3. The summed E-state index contributed by atoms with van der Waals surface area (Å²) in [4.78, 5) is 27.1. The van der Waals surface area contributed by atoms with E-state index in [0.29, 0.717) is 39.8 Å². The van der Waals surface area contributed by atoms with Gasteiger partial charge in [0.2, 0.25) is 0 Å². The molecule has 10 nitrogen and oxygen atoms in total. The summed E-state index contributed by atoms with van der Waals surface area (Å²) in [5.74, 6) is 0.895. The fourth-order valence-corrected chi connectivity index (χ4v) is 3.58. The number of halogens is 1. The highest BCUT2D eigenvalue weighted by molar-refractivity contribution is 9.10. The van der Waals surface area contributed by atoms with E-state index in [1.165, 1.54) is 12.4 Å². The smallest absolute Gasteiger partial charge is 0.474 e. The average Bonchev–Trinajstić information content (AvgIpc) is 3.72. The summed E-state index contributed by atoms with van der Waals surface area (Å²) in [6, 6.07) is 9.47. The molecule has 3 aromatic rings. The topological polar surface area (TPSA) is 119 Å². The predicted octanol–water partition coefficient (Wildman–Crippen LogP) is 3.69. The molecule has 1 amide bonds. The van der Waals surface area contributed by atoms with Gasteiger partial charge in [-0.05, 0) is 42.3 Å². The predicted molar refractivity (Wildman–Crippen MR) is 131 cm³/mol. The van der Waals surface area contributed by atoms with Gasteiger partial charge in [-0.1, -0.05) is 29.4 Å². The minimum Gasteiger partial charge on any atom is -0.549 e. The second kappa shape index (κ2) is 8.80. The molecule has 176 valence electrons. The van der Waals surface area contributed by atoms with Gasteiger partial charge in [-0.15, -0.1) is 0 Å². The Kier molecular flexibility index (Phi) is 5.92. The van der Waals surface area contributed by atoms with Crippen LogP contribution >= 0.6 is 15.9 Å². The lowest BCUT2D eigenvalue weighted by Crippen LogP contribution is -2.33. The van der Waals surface area contributed by atoms with Gasteiger partial charge in [-0.25, -0.2) is 14.8 Å². The van der Waals surface area contributed by atoms with Crippen LogP contribution in [0.5, 0.6) is 0 Å². The van der Waals surface area contributed by atoms with E-state index < -0.39 is 11.2 Å². The van der Waals surface area contributed by atoms with E-state index in [4.69, 9.17) is 18.6 Å². The van der Waals surface area contributed by atoms with Gasteiger partial charge in [0.15, 0.2) is 17.2 Å². The molecule has 1 unspecified atom stereocenters. The second-order valence-electron chi connectivity index (χ2n) is 9.12. The lowest BCUT2D eigenvalue weighted by Gasteiger charge is -2.24. The lowest BCUT2D eigenvalue weighted by atomic mass is 9.91. The van der Waals surface area contributed by atoms with Crippen LogP contribution in [0.25, 0.3) is 22.7 Å². The molecule has 2 radical (unpaired) electrons. The van der Waals surface area contributed by atoms with E-state index in [1.807, 2.05) is 45.0 Å². The number of carbonyl (C=O) groups excluding carboxylic acids is 1. The Hall–Kier alpha value is -3.18. The number of nitrogens with zero attached hydrogens (tertiary/aromatic N) is 5. The van der Waals surface area contributed by atoms with Crippen molar-refractivity contribution in [3.8, 4) is 22.7 Å². The fraction of sp³-hybridized carbons (Fsp3) is 0.318. The Balaban J connectivity index is 1.34. The molecule has 0 bridgehead atoms. The Morgan fingerprint density at radius 1 is 1.29 bits per heavy atom. The number of aliphatic imine (C=N–C) groups is 1. The van der Waals surface area contributed by atoms with E-state index in [1.54, 1.807) is 26.8 Å². The first kappa shape index (κ1) is 23.6. The van der Waals surface area contributed by atoms with Crippen LogP contribution in [0.4, 0.5) is 4.79 Å². The van der Waals surface area contributed by atoms with Crippen LogP contribution in [-0.2, 0) is 26.2 Å². The first-order chi connectivity index (χ1) is 16.6. The zero-order valence-electron chi connectivity index (χ0n) is 19.5. The number of carbonyl (C=O) groups is 1. The van der Waals surface area contributed by atoms with Crippen molar-refractivity contribution in [1.82, 2.24) is 20.0 Å². The molecule has 0 N–H and O–H groups in total. The molecule has 2 saturated heterocycles. The van der Waals surface area contributed by atoms with Gasteiger partial charge in [-0.3, -0.25) is 4.98 Å². The normalized spacial score (nSPS) is 19.4.